The number of aliphatic carboxylic acids is 1. The number of thiol groups is 2. The molecule has 0 bridgehead atoms. The highest BCUT2D eigenvalue weighted by Crippen LogP contribution is 2.05. The molecular formula is C23H38N8O8S2. The molecule has 5 amide bonds. The number of carbonyl (C=O) groups excluding carboxylic acids is 5. The van der Waals surface area contributed by atoms with E-state index in [0.29, 0.717) is 5.69 Å². The molecule has 0 aliphatic carbocycles. The number of aliphatic hydroxyl groups excluding tert-OH is 1. The Kier molecular flexibility index (Phi) is 15.2. The van der Waals surface area contributed by atoms with Crippen molar-refractivity contribution in [1.82, 2.24) is 36.6 Å². The summed E-state index contributed by atoms with van der Waals surface area (Å²) >= 11 is 8.00. The fraction of sp³-hybridized carbons (Fsp3) is 0.609. The molecule has 0 saturated carbocycles. The first-order chi connectivity index (χ1) is 19.2. The first-order valence-electron chi connectivity index (χ1n) is 12.6. The number of hydrogen-bond acceptors (Lipinski definition) is 11. The van der Waals surface area contributed by atoms with Crippen molar-refractivity contribution < 1.29 is 39.0 Å². The maximum Gasteiger partial charge on any atom is 0.328 e. The van der Waals surface area contributed by atoms with Crippen LogP contribution in [-0.2, 0) is 35.2 Å². The molecule has 0 aliphatic heterocycles. The highest BCUT2D eigenvalue weighted by Gasteiger charge is 2.32. The fourth-order valence-electron chi connectivity index (χ4n) is 3.29. The minimum absolute atomic E-state index is 0.0222. The largest absolute Gasteiger partial charge is 0.480 e. The van der Waals surface area contributed by atoms with Crippen LogP contribution in [0.15, 0.2) is 12.5 Å². The standard InChI is InChI=1S/C23H38N8O8S2/c1-10(2)17(22(37)30-16(8-41)21(36)29-15(6-32)23(38)39)31-18(33)11(3)27-20(35)14(4-12-5-25-9-26-12)28-19(34)13(24)7-40/h5,9-11,13-17,32,40-41H,4,6-8,24H2,1-3H3,(H,25,26)(H,27,35)(H,28,34)(H,29,36)(H,30,37)(H,31,33)(H,38,39). The lowest BCUT2D eigenvalue weighted by molar-refractivity contribution is -0.143. The Morgan fingerprint density at radius 2 is 1.44 bits per heavy atom. The van der Waals surface area contributed by atoms with E-state index in [0.717, 1.165) is 0 Å². The van der Waals surface area contributed by atoms with Crippen LogP contribution in [0.3, 0.4) is 0 Å². The zero-order valence-corrected chi connectivity index (χ0v) is 24.6. The van der Waals surface area contributed by atoms with Crippen LogP contribution in [0.5, 0.6) is 0 Å². The molecule has 16 nitrogen and oxygen atoms in total. The van der Waals surface area contributed by atoms with Gasteiger partial charge in [-0.05, 0) is 12.8 Å². The van der Waals surface area contributed by atoms with Crippen LogP contribution in [0.1, 0.15) is 26.5 Å². The Bertz CT molecular complexity index is 1060. The van der Waals surface area contributed by atoms with Gasteiger partial charge in [0, 0.05) is 29.8 Å². The summed E-state index contributed by atoms with van der Waals surface area (Å²) in [5, 5.41) is 30.2. The molecule has 6 atom stereocenters. The van der Waals surface area contributed by atoms with Crippen molar-refractivity contribution in [2.75, 3.05) is 18.1 Å². The van der Waals surface area contributed by atoms with Crippen molar-refractivity contribution in [2.45, 2.75) is 63.4 Å². The van der Waals surface area contributed by atoms with Gasteiger partial charge in [0.05, 0.1) is 19.0 Å². The van der Waals surface area contributed by atoms with Gasteiger partial charge in [-0.25, -0.2) is 9.78 Å². The zero-order valence-electron chi connectivity index (χ0n) is 22.8. The Labute approximate surface area is 247 Å². The third-order valence-corrected chi connectivity index (χ3v) is 6.52. The van der Waals surface area contributed by atoms with Gasteiger partial charge in [0.15, 0.2) is 0 Å². The summed E-state index contributed by atoms with van der Waals surface area (Å²) < 4.78 is 0. The highest BCUT2D eigenvalue weighted by molar-refractivity contribution is 7.80. The van der Waals surface area contributed by atoms with Crippen LogP contribution < -0.4 is 32.3 Å². The van der Waals surface area contributed by atoms with Crippen molar-refractivity contribution in [3.8, 4) is 0 Å². The molecule has 10 N–H and O–H groups in total. The van der Waals surface area contributed by atoms with Gasteiger partial charge in [-0.1, -0.05) is 13.8 Å². The highest BCUT2D eigenvalue weighted by atomic mass is 32.1. The van der Waals surface area contributed by atoms with Gasteiger partial charge in [0.25, 0.3) is 0 Å². The molecule has 41 heavy (non-hydrogen) atoms. The van der Waals surface area contributed by atoms with Crippen molar-refractivity contribution in [3.05, 3.63) is 18.2 Å². The number of carboxylic acid groups (broad SMARTS) is 1. The molecule has 6 unspecified atom stereocenters. The smallest absolute Gasteiger partial charge is 0.328 e. The lowest BCUT2D eigenvalue weighted by Gasteiger charge is -2.27. The molecule has 1 rings (SSSR count). The molecule has 0 aliphatic rings. The summed E-state index contributed by atoms with van der Waals surface area (Å²) in [4.78, 5) is 81.4. The van der Waals surface area contributed by atoms with Gasteiger partial charge in [-0.2, -0.15) is 25.3 Å². The maximum atomic E-state index is 13.0. The number of rotatable bonds is 17. The van der Waals surface area contributed by atoms with Crippen LogP contribution >= 0.6 is 25.3 Å². The number of carbonyl (C=O) groups is 6. The molecule has 1 aromatic rings. The number of carboxylic acids is 1. The Balaban J connectivity index is 2.91. The lowest BCUT2D eigenvalue weighted by atomic mass is 10.0. The first kappa shape index (κ1) is 35.7. The van der Waals surface area contributed by atoms with Gasteiger partial charge in [-0.15, -0.1) is 0 Å². The summed E-state index contributed by atoms with van der Waals surface area (Å²) in [6, 6.07) is -7.24. The van der Waals surface area contributed by atoms with E-state index >= 15 is 0 Å². The van der Waals surface area contributed by atoms with E-state index in [1.165, 1.54) is 19.4 Å². The molecule has 230 valence electrons. The first-order valence-corrected chi connectivity index (χ1v) is 13.8. The second-order valence-electron chi connectivity index (χ2n) is 9.42. The molecule has 18 heteroatoms. The van der Waals surface area contributed by atoms with Gasteiger partial charge in [-0.3, -0.25) is 24.0 Å². The number of imidazole rings is 1. The quantitative estimate of drug-likeness (QED) is 0.0762. The number of hydrogen-bond donors (Lipinski definition) is 11. The monoisotopic (exact) mass is 618 g/mol. The number of H-pyrrole nitrogens is 1. The van der Waals surface area contributed by atoms with Crippen molar-refractivity contribution in [1.29, 1.82) is 0 Å². The molecule has 0 fully saturated rings. The van der Waals surface area contributed by atoms with Crippen molar-refractivity contribution >= 4 is 60.8 Å². The predicted octanol–water partition coefficient (Wildman–Crippen LogP) is -3.68. The molecule has 0 aromatic carbocycles. The average molecular weight is 619 g/mol. The summed E-state index contributed by atoms with van der Waals surface area (Å²) in [7, 11) is 0. The normalized spacial score (nSPS) is 15.4. The van der Waals surface area contributed by atoms with E-state index in [1.807, 2.05) is 0 Å². The number of nitrogens with one attached hydrogen (secondary N) is 6. The van der Waals surface area contributed by atoms with E-state index in [2.05, 4.69) is 61.8 Å². The molecule has 1 heterocycles. The number of aliphatic hydroxyl groups is 1. The van der Waals surface area contributed by atoms with E-state index in [9.17, 15) is 28.8 Å². The van der Waals surface area contributed by atoms with Crippen LogP contribution in [-0.4, -0.2) is 110 Å². The molecule has 0 radical (unpaired) electrons. The van der Waals surface area contributed by atoms with E-state index < -0.39 is 84.3 Å². The van der Waals surface area contributed by atoms with E-state index in [1.54, 1.807) is 13.8 Å². The molecular weight excluding hydrogens is 580 g/mol. The van der Waals surface area contributed by atoms with Gasteiger partial charge in [0.2, 0.25) is 29.5 Å². The Morgan fingerprint density at radius 1 is 0.854 bits per heavy atom. The number of amides is 5. The molecule has 0 spiro atoms. The third-order valence-electron chi connectivity index (χ3n) is 5.76. The predicted molar refractivity (Wildman–Crippen MR) is 153 cm³/mol. The van der Waals surface area contributed by atoms with E-state index in [4.69, 9.17) is 15.9 Å². The van der Waals surface area contributed by atoms with Crippen molar-refractivity contribution in [3.63, 3.8) is 0 Å². The summed E-state index contributed by atoms with van der Waals surface area (Å²) in [5.41, 5.74) is 6.23. The average Bonchev–Trinajstić information content (AvgIpc) is 3.44. The number of nitrogens with zero attached hydrogens (tertiary/aromatic N) is 1. The number of nitrogens with two attached hydrogens (primary N) is 1. The maximum absolute atomic E-state index is 13.0. The second-order valence-corrected chi connectivity index (χ2v) is 10.1. The Hall–Kier alpha value is -3.35. The topological polar surface area (TPSA) is 258 Å². The lowest BCUT2D eigenvalue weighted by Crippen LogP contribution is -2.60. The van der Waals surface area contributed by atoms with Crippen LogP contribution in [0.4, 0.5) is 0 Å². The summed E-state index contributed by atoms with van der Waals surface area (Å²) in [6.45, 7) is 3.78. The van der Waals surface area contributed by atoms with Gasteiger partial charge >= 0.3 is 5.97 Å². The van der Waals surface area contributed by atoms with Crippen LogP contribution in [0, 0.1) is 5.92 Å². The molecule has 0 saturated heterocycles. The number of aromatic nitrogens is 2. The van der Waals surface area contributed by atoms with Gasteiger partial charge in [0.1, 0.15) is 30.2 Å². The fourth-order valence-corrected chi connectivity index (χ4v) is 3.72. The minimum Gasteiger partial charge on any atom is -0.480 e. The molecule has 1 aromatic heterocycles. The van der Waals surface area contributed by atoms with Crippen LogP contribution in [0.2, 0.25) is 0 Å². The van der Waals surface area contributed by atoms with E-state index in [-0.39, 0.29) is 17.9 Å². The summed E-state index contributed by atoms with van der Waals surface area (Å²) in [5.74, 6) is -5.81. The SMILES string of the molecule is CC(NC(=O)C(Cc1cnc[nH]1)NC(=O)C(N)CS)C(=O)NC(C(=O)NC(CS)C(=O)NC(CO)C(=O)O)C(C)C. The summed E-state index contributed by atoms with van der Waals surface area (Å²) in [6.07, 6.45) is 2.89. The number of aromatic amines is 1. The van der Waals surface area contributed by atoms with Crippen LogP contribution in [0.25, 0.3) is 0 Å². The van der Waals surface area contributed by atoms with Crippen molar-refractivity contribution in [2.24, 2.45) is 11.7 Å². The Morgan fingerprint density at radius 3 is 1.93 bits per heavy atom. The minimum atomic E-state index is -1.58. The zero-order chi connectivity index (χ0) is 31.3. The van der Waals surface area contributed by atoms with Gasteiger partial charge < -0.3 is 47.5 Å². The third kappa shape index (κ3) is 11.6. The second kappa shape index (κ2) is 17.5.